The highest BCUT2D eigenvalue weighted by Gasteiger charge is 2.23. The highest BCUT2D eigenvalue weighted by molar-refractivity contribution is 4.83. The van der Waals surface area contributed by atoms with Crippen molar-refractivity contribution in [3.8, 4) is 0 Å². The van der Waals surface area contributed by atoms with E-state index in [1.165, 1.54) is 51.4 Å². The maximum Gasteiger partial charge on any atom is 0.00708 e. The summed E-state index contributed by atoms with van der Waals surface area (Å²) >= 11 is 0. The molecule has 2 aliphatic carbocycles. The van der Waals surface area contributed by atoms with Crippen molar-refractivity contribution in [1.29, 1.82) is 0 Å². The lowest BCUT2D eigenvalue weighted by Gasteiger charge is -2.34. The van der Waals surface area contributed by atoms with E-state index in [1.54, 1.807) is 0 Å². The monoisotopic (exact) mass is 210 g/mol. The van der Waals surface area contributed by atoms with E-state index in [4.69, 9.17) is 5.73 Å². The van der Waals surface area contributed by atoms with Crippen LogP contribution in [0.15, 0.2) is 0 Å². The summed E-state index contributed by atoms with van der Waals surface area (Å²) in [4.78, 5) is 0. The summed E-state index contributed by atoms with van der Waals surface area (Å²) in [5.41, 5.74) is 5.92. The van der Waals surface area contributed by atoms with Crippen LogP contribution in [-0.4, -0.2) is 18.1 Å². The van der Waals surface area contributed by atoms with Gasteiger partial charge in [0.2, 0.25) is 0 Å². The maximum atomic E-state index is 5.92. The summed E-state index contributed by atoms with van der Waals surface area (Å²) in [5, 5.41) is 3.84. The first-order chi connectivity index (χ1) is 7.24. The van der Waals surface area contributed by atoms with Crippen molar-refractivity contribution in [3.63, 3.8) is 0 Å². The van der Waals surface area contributed by atoms with Gasteiger partial charge in [0, 0.05) is 18.1 Å². The molecule has 2 fully saturated rings. The Hall–Kier alpha value is -0.0800. The lowest BCUT2D eigenvalue weighted by atomic mass is 9.85. The molecule has 0 aromatic carbocycles. The van der Waals surface area contributed by atoms with Gasteiger partial charge >= 0.3 is 0 Å². The second-order valence-corrected chi connectivity index (χ2v) is 5.74. The summed E-state index contributed by atoms with van der Waals surface area (Å²) in [7, 11) is 0. The summed E-state index contributed by atoms with van der Waals surface area (Å²) in [6.45, 7) is 2.38. The normalized spacial score (nSPS) is 42.8. The van der Waals surface area contributed by atoms with Crippen molar-refractivity contribution < 1.29 is 0 Å². The van der Waals surface area contributed by atoms with Gasteiger partial charge in [0.15, 0.2) is 0 Å². The standard InChI is InChI=1S/C13H26N2/c1-10-2-6-12(7-3-10)15-13-8-4-11(14)5-9-13/h10-13,15H,2-9,14H2,1H3. The smallest absolute Gasteiger partial charge is 0.00708 e. The first-order valence-corrected chi connectivity index (χ1v) is 6.75. The lowest BCUT2D eigenvalue weighted by molar-refractivity contribution is 0.253. The van der Waals surface area contributed by atoms with E-state index in [0.717, 1.165) is 18.0 Å². The van der Waals surface area contributed by atoms with Crippen molar-refractivity contribution in [2.24, 2.45) is 11.7 Å². The molecular formula is C13H26N2. The summed E-state index contributed by atoms with van der Waals surface area (Å²) in [6.07, 6.45) is 10.7. The molecule has 88 valence electrons. The van der Waals surface area contributed by atoms with Gasteiger partial charge in [-0.15, -0.1) is 0 Å². The van der Waals surface area contributed by atoms with Crippen LogP contribution in [0.5, 0.6) is 0 Å². The third-order valence-electron chi connectivity index (χ3n) is 4.26. The first-order valence-electron chi connectivity index (χ1n) is 6.75. The number of hydrogen-bond acceptors (Lipinski definition) is 2. The largest absolute Gasteiger partial charge is 0.328 e. The third-order valence-corrected chi connectivity index (χ3v) is 4.26. The Kier molecular flexibility index (Phi) is 4.04. The van der Waals surface area contributed by atoms with E-state index in [9.17, 15) is 0 Å². The molecule has 0 unspecified atom stereocenters. The fourth-order valence-electron chi connectivity index (χ4n) is 3.05. The van der Waals surface area contributed by atoms with Crippen LogP contribution < -0.4 is 11.1 Å². The number of rotatable bonds is 2. The second kappa shape index (κ2) is 5.31. The summed E-state index contributed by atoms with van der Waals surface area (Å²) in [6, 6.07) is 2.05. The highest BCUT2D eigenvalue weighted by Crippen LogP contribution is 2.25. The zero-order valence-electron chi connectivity index (χ0n) is 10.0. The lowest BCUT2D eigenvalue weighted by Crippen LogP contribution is -2.43. The molecule has 0 aromatic heterocycles. The average Bonchev–Trinajstić information content (AvgIpc) is 2.25. The molecule has 0 bridgehead atoms. The molecular weight excluding hydrogens is 184 g/mol. The molecule has 0 amide bonds. The van der Waals surface area contributed by atoms with Crippen LogP contribution in [0.4, 0.5) is 0 Å². The van der Waals surface area contributed by atoms with Gasteiger partial charge in [-0.05, 0) is 57.3 Å². The van der Waals surface area contributed by atoms with Gasteiger partial charge in [-0.3, -0.25) is 0 Å². The van der Waals surface area contributed by atoms with E-state index in [1.807, 2.05) is 0 Å². The molecule has 2 rings (SSSR count). The minimum Gasteiger partial charge on any atom is -0.328 e. The Bertz CT molecular complexity index is 157. The Morgan fingerprint density at radius 1 is 0.800 bits per heavy atom. The fourth-order valence-corrected chi connectivity index (χ4v) is 3.05. The summed E-state index contributed by atoms with van der Waals surface area (Å²) in [5.74, 6) is 0.961. The van der Waals surface area contributed by atoms with Crippen LogP contribution >= 0.6 is 0 Å². The molecule has 2 saturated carbocycles. The van der Waals surface area contributed by atoms with Crippen molar-refractivity contribution in [2.75, 3.05) is 0 Å². The average molecular weight is 210 g/mol. The molecule has 0 heterocycles. The molecule has 2 aliphatic rings. The van der Waals surface area contributed by atoms with Gasteiger partial charge < -0.3 is 11.1 Å². The van der Waals surface area contributed by atoms with Crippen LogP contribution in [0.2, 0.25) is 0 Å². The van der Waals surface area contributed by atoms with E-state index in [2.05, 4.69) is 12.2 Å². The number of nitrogens with two attached hydrogens (primary N) is 1. The molecule has 0 radical (unpaired) electrons. The van der Waals surface area contributed by atoms with Crippen molar-refractivity contribution in [2.45, 2.75) is 76.4 Å². The molecule has 15 heavy (non-hydrogen) atoms. The van der Waals surface area contributed by atoms with Gasteiger partial charge in [-0.2, -0.15) is 0 Å². The van der Waals surface area contributed by atoms with Crippen LogP contribution in [0.3, 0.4) is 0 Å². The number of nitrogens with one attached hydrogen (secondary N) is 1. The quantitative estimate of drug-likeness (QED) is 0.734. The highest BCUT2D eigenvalue weighted by atomic mass is 15.0. The van der Waals surface area contributed by atoms with Gasteiger partial charge in [0.1, 0.15) is 0 Å². The molecule has 2 nitrogen and oxygen atoms in total. The van der Waals surface area contributed by atoms with E-state index < -0.39 is 0 Å². The Morgan fingerprint density at radius 3 is 1.80 bits per heavy atom. The van der Waals surface area contributed by atoms with Gasteiger partial charge in [-0.25, -0.2) is 0 Å². The van der Waals surface area contributed by atoms with Crippen molar-refractivity contribution in [1.82, 2.24) is 5.32 Å². The zero-order chi connectivity index (χ0) is 10.7. The molecule has 0 saturated heterocycles. The van der Waals surface area contributed by atoms with Crippen molar-refractivity contribution in [3.05, 3.63) is 0 Å². The minimum absolute atomic E-state index is 0.481. The van der Waals surface area contributed by atoms with Crippen LogP contribution in [0, 0.1) is 5.92 Å². The molecule has 0 aromatic rings. The molecule has 3 N–H and O–H groups in total. The minimum atomic E-state index is 0.481. The third kappa shape index (κ3) is 3.46. The Labute approximate surface area is 94.0 Å². The molecule has 0 atom stereocenters. The first kappa shape index (κ1) is 11.4. The molecule has 0 aliphatic heterocycles. The van der Waals surface area contributed by atoms with Crippen LogP contribution in [-0.2, 0) is 0 Å². The Morgan fingerprint density at radius 2 is 1.27 bits per heavy atom. The van der Waals surface area contributed by atoms with E-state index in [-0.39, 0.29) is 0 Å². The SMILES string of the molecule is CC1CCC(NC2CCC(N)CC2)CC1. The van der Waals surface area contributed by atoms with Gasteiger partial charge in [-0.1, -0.05) is 6.92 Å². The van der Waals surface area contributed by atoms with Crippen LogP contribution in [0.25, 0.3) is 0 Å². The van der Waals surface area contributed by atoms with E-state index in [0.29, 0.717) is 6.04 Å². The van der Waals surface area contributed by atoms with E-state index >= 15 is 0 Å². The fraction of sp³-hybridized carbons (Fsp3) is 1.00. The molecule has 2 heteroatoms. The topological polar surface area (TPSA) is 38.0 Å². The Balaban J connectivity index is 1.68. The van der Waals surface area contributed by atoms with Crippen LogP contribution in [0.1, 0.15) is 58.3 Å². The summed E-state index contributed by atoms with van der Waals surface area (Å²) < 4.78 is 0. The van der Waals surface area contributed by atoms with Gasteiger partial charge in [0.05, 0.1) is 0 Å². The van der Waals surface area contributed by atoms with Crippen molar-refractivity contribution >= 4 is 0 Å². The predicted octanol–water partition coefficient (Wildman–Crippen LogP) is 2.42. The maximum absolute atomic E-state index is 5.92. The second-order valence-electron chi connectivity index (χ2n) is 5.74. The number of hydrogen-bond donors (Lipinski definition) is 2. The predicted molar refractivity (Wildman–Crippen MR) is 64.8 cm³/mol. The van der Waals surface area contributed by atoms with Gasteiger partial charge in [0.25, 0.3) is 0 Å². The zero-order valence-corrected chi connectivity index (χ0v) is 10.0. The molecule has 0 spiro atoms.